The summed E-state index contributed by atoms with van der Waals surface area (Å²) in [5, 5.41) is 0. The summed E-state index contributed by atoms with van der Waals surface area (Å²) in [7, 11) is 4.93. The first-order chi connectivity index (χ1) is 7.65. The molecule has 1 aromatic carbocycles. The zero-order chi connectivity index (χ0) is 12.1. The largest absolute Gasteiger partial charge is 0.496 e. The lowest BCUT2D eigenvalue weighted by atomic mass is 10.0. The summed E-state index contributed by atoms with van der Waals surface area (Å²) in [5.41, 5.74) is 6.01. The molecule has 4 nitrogen and oxygen atoms in total. The number of hydrogen-bond donors (Lipinski definition) is 1. The zero-order valence-corrected chi connectivity index (χ0v) is 10.5. The fourth-order valence-corrected chi connectivity index (χ4v) is 1.71. The molecule has 1 rings (SSSR count). The van der Waals surface area contributed by atoms with Crippen LogP contribution < -0.4 is 15.0 Å². The second-order valence-corrected chi connectivity index (χ2v) is 3.55. The molecule has 90 valence electrons. The highest BCUT2D eigenvalue weighted by molar-refractivity contribution is 5.52. The van der Waals surface area contributed by atoms with Crippen molar-refractivity contribution in [3.8, 4) is 11.5 Å². The van der Waals surface area contributed by atoms with Gasteiger partial charge >= 0.3 is 0 Å². The molecule has 4 heteroatoms. The number of ether oxygens (including phenoxy) is 2. The number of nitrogens with one attached hydrogen (secondary N) is 1. The van der Waals surface area contributed by atoms with E-state index in [9.17, 15) is 0 Å². The van der Waals surface area contributed by atoms with Gasteiger partial charge in [0.05, 0.1) is 21.3 Å². The third-order valence-electron chi connectivity index (χ3n) is 2.70. The molecule has 0 aliphatic rings. The first-order valence-electron chi connectivity index (χ1n) is 5.12. The minimum Gasteiger partial charge on any atom is -0.496 e. The van der Waals surface area contributed by atoms with Gasteiger partial charge in [-0.3, -0.25) is 0 Å². The molecule has 0 atom stereocenters. The van der Waals surface area contributed by atoms with Gasteiger partial charge < -0.3 is 14.3 Å². The Morgan fingerprint density at radius 3 is 2.25 bits per heavy atom. The molecule has 1 aromatic rings. The minimum absolute atomic E-state index is 0.581. The van der Waals surface area contributed by atoms with Gasteiger partial charge in [-0.2, -0.15) is 5.48 Å². The quantitative estimate of drug-likeness (QED) is 0.778. The molecule has 0 radical (unpaired) electrons. The van der Waals surface area contributed by atoms with E-state index in [1.807, 2.05) is 19.9 Å². The summed E-state index contributed by atoms with van der Waals surface area (Å²) < 4.78 is 10.7. The molecule has 0 unspecified atom stereocenters. The Balaban J connectivity index is 3.18. The highest BCUT2D eigenvalue weighted by Gasteiger charge is 2.13. The molecular weight excluding hydrogens is 206 g/mol. The Morgan fingerprint density at radius 2 is 1.75 bits per heavy atom. The Hall–Kier alpha value is -1.26. The molecule has 0 aromatic heterocycles. The average molecular weight is 225 g/mol. The molecule has 0 saturated carbocycles. The van der Waals surface area contributed by atoms with Crippen LogP contribution >= 0.6 is 0 Å². The average Bonchev–Trinajstić information content (AvgIpc) is 2.30. The van der Waals surface area contributed by atoms with Crippen molar-refractivity contribution in [1.29, 1.82) is 0 Å². The Kier molecular flexibility index (Phi) is 4.58. The van der Waals surface area contributed by atoms with Crippen LogP contribution in [0.2, 0.25) is 0 Å². The van der Waals surface area contributed by atoms with E-state index in [2.05, 4.69) is 5.48 Å². The maximum absolute atomic E-state index is 5.40. The van der Waals surface area contributed by atoms with Crippen LogP contribution in [0.4, 0.5) is 0 Å². The second kappa shape index (κ2) is 5.72. The topological polar surface area (TPSA) is 39.7 Å². The molecule has 0 spiro atoms. The Bertz CT molecular complexity index is 364. The van der Waals surface area contributed by atoms with Gasteiger partial charge in [-0.25, -0.2) is 0 Å². The summed E-state index contributed by atoms with van der Waals surface area (Å²) in [6.07, 6.45) is 0. The lowest BCUT2D eigenvalue weighted by Crippen LogP contribution is -2.12. The zero-order valence-electron chi connectivity index (χ0n) is 10.5. The van der Waals surface area contributed by atoms with E-state index in [0.29, 0.717) is 6.54 Å². The Morgan fingerprint density at radius 1 is 1.06 bits per heavy atom. The van der Waals surface area contributed by atoms with Crippen LogP contribution in [-0.4, -0.2) is 21.3 Å². The SMILES string of the molecule is CONCc1cc(OC)c(C)c(C)c1OC. The van der Waals surface area contributed by atoms with Gasteiger partial charge in [-0.05, 0) is 31.0 Å². The molecule has 0 aliphatic heterocycles. The van der Waals surface area contributed by atoms with Crippen molar-refractivity contribution >= 4 is 0 Å². The van der Waals surface area contributed by atoms with Crippen LogP contribution in [-0.2, 0) is 11.4 Å². The maximum Gasteiger partial charge on any atom is 0.126 e. The minimum atomic E-state index is 0.581. The van der Waals surface area contributed by atoms with Crippen LogP contribution in [0.3, 0.4) is 0 Å². The first-order valence-corrected chi connectivity index (χ1v) is 5.12. The summed E-state index contributed by atoms with van der Waals surface area (Å²) in [6.45, 7) is 4.62. The molecule has 0 bridgehead atoms. The highest BCUT2D eigenvalue weighted by atomic mass is 16.6. The molecule has 0 saturated heterocycles. The maximum atomic E-state index is 5.40. The summed E-state index contributed by atoms with van der Waals surface area (Å²) in [4.78, 5) is 4.84. The fourth-order valence-electron chi connectivity index (χ4n) is 1.71. The van der Waals surface area contributed by atoms with Gasteiger partial charge in [-0.15, -0.1) is 0 Å². The fraction of sp³-hybridized carbons (Fsp3) is 0.500. The number of hydroxylamine groups is 1. The van der Waals surface area contributed by atoms with E-state index >= 15 is 0 Å². The third-order valence-corrected chi connectivity index (χ3v) is 2.70. The van der Waals surface area contributed by atoms with Crippen molar-refractivity contribution in [1.82, 2.24) is 5.48 Å². The lowest BCUT2D eigenvalue weighted by molar-refractivity contribution is 0.0860. The van der Waals surface area contributed by atoms with Crippen LogP contribution in [0.5, 0.6) is 11.5 Å². The van der Waals surface area contributed by atoms with Crippen LogP contribution in [0.15, 0.2) is 6.07 Å². The van der Waals surface area contributed by atoms with Crippen LogP contribution in [0.25, 0.3) is 0 Å². The first kappa shape index (κ1) is 12.8. The van der Waals surface area contributed by atoms with Gasteiger partial charge in [0.1, 0.15) is 11.5 Å². The van der Waals surface area contributed by atoms with Gasteiger partial charge in [0.15, 0.2) is 0 Å². The number of methoxy groups -OCH3 is 2. The monoisotopic (exact) mass is 225 g/mol. The van der Waals surface area contributed by atoms with Crippen molar-refractivity contribution in [2.45, 2.75) is 20.4 Å². The van der Waals surface area contributed by atoms with Crippen LogP contribution in [0, 0.1) is 13.8 Å². The molecule has 16 heavy (non-hydrogen) atoms. The summed E-state index contributed by atoms with van der Waals surface area (Å²) in [6, 6.07) is 1.97. The second-order valence-electron chi connectivity index (χ2n) is 3.55. The van der Waals surface area contributed by atoms with Gasteiger partial charge in [-0.1, -0.05) is 0 Å². The third kappa shape index (κ3) is 2.46. The summed E-state index contributed by atoms with van der Waals surface area (Å²) in [5.74, 6) is 1.74. The lowest BCUT2D eigenvalue weighted by Gasteiger charge is -2.16. The number of hydrogen-bond acceptors (Lipinski definition) is 4. The van der Waals surface area contributed by atoms with E-state index in [-0.39, 0.29) is 0 Å². The van der Waals surface area contributed by atoms with Crippen LogP contribution in [0.1, 0.15) is 16.7 Å². The molecule has 0 aliphatic carbocycles. The van der Waals surface area contributed by atoms with Crippen molar-refractivity contribution in [3.05, 3.63) is 22.8 Å². The van der Waals surface area contributed by atoms with E-state index in [1.165, 1.54) is 0 Å². The molecule has 0 fully saturated rings. The molecular formula is C12H19NO3. The number of benzene rings is 1. The van der Waals surface area contributed by atoms with E-state index in [4.69, 9.17) is 14.3 Å². The van der Waals surface area contributed by atoms with Crippen molar-refractivity contribution in [2.75, 3.05) is 21.3 Å². The van der Waals surface area contributed by atoms with E-state index < -0.39 is 0 Å². The van der Waals surface area contributed by atoms with Gasteiger partial charge in [0, 0.05) is 12.1 Å². The number of rotatable bonds is 5. The predicted octanol–water partition coefficient (Wildman–Crippen LogP) is 1.97. The van der Waals surface area contributed by atoms with Crippen molar-refractivity contribution in [3.63, 3.8) is 0 Å². The van der Waals surface area contributed by atoms with Crippen molar-refractivity contribution in [2.24, 2.45) is 0 Å². The summed E-state index contributed by atoms with van der Waals surface area (Å²) >= 11 is 0. The standard InChI is InChI=1S/C12H19NO3/c1-8-9(2)12(15-4)10(7-13-16-5)6-11(8)14-3/h6,13H,7H2,1-5H3. The molecule has 0 heterocycles. The smallest absolute Gasteiger partial charge is 0.126 e. The predicted molar refractivity (Wildman–Crippen MR) is 62.9 cm³/mol. The van der Waals surface area contributed by atoms with Gasteiger partial charge in [0.25, 0.3) is 0 Å². The van der Waals surface area contributed by atoms with Gasteiger partial charge in [0.2, 0.25) is 0 Å². The molecule has 0 amide bonds. The highest BCUT2D eigenvalue weighted by Crippen LogP contribution is 2.33. The normalized spacial score (nSPS) is 10.3. The van der Waals surface area contributed by atoms with E-state index in [0.717, 1.165) is 28.2 Å². The molecule has 1 N–H and O–H groups in total. The van der Waals surface area contributed by atoms with E-state index in [1.54, 1.807) is 21.3 Å². The Labute approximate surface area is 96.5 Å². The van der Waals surface area contributed by atoms with Crippen molar-refractivity contribution < 1.29 is 14.3 Å².